The van der Waals surface area contributed by atoms with Crippen LogP contribution in [0, 0.1) is 0 Å². The van der Waals surface area contributed by atoms with Gasteiger partial charge in [0.15, 0.2) is 5.96 Å². The van der Waals surface area contributed by atoms with Gasteiger partial charge >= 0.3 is 0 Å². The minimum atomic E-state index is -0.0585. The van der Waals surface area contributed by atoms with Crippen LogP contribution in [-0.4, -0.2) is 41.8 Å². The highest BCUT2D eigenvalue weighted by atomic mass is 16.1. The average Bonchev–Trinajstić information content (AvgIpc) is 3.11. The quantitative estimate of drug-likeness (QED) is 0.387. The molecular formula is C18H26N6O. The molecule has 0 aliphatic carbocycles. The molecule has 1 heterocycles. The number of aromatic nitrogens is 2. The Labute approximate surface area is 148 Å². The van der Waals surface area contributed by atoms with Gasteiger partial charge in [-0.3, -0.25) is 14.5 Å². The van der Waals surface area contributed by atoms with Gasteiger partial charge in [0.05, 0.1) is 0 Å². The molecule has 0 saturated carbocycles. The fourth-order valence-corrected chi connectivity index (χ4v) is 2.38. The minimum Gasteiger partial charge on any atom is -0.356 e. The lowest BCUT2D eigenvalue weighted by Crippen LogP contribution is -2.39. The van der Waals surface area contributed by atoms with E-state index >= 15 is 0 Å². The molecule has 7 heteroatoms. The Bertz CT molecular complexity index is 663. The van der Waals surface area contributed by atoms with Crippen LogP contribution in [-0.2, 0) is 17.8 Å². The normalized spacial score (nSPS) is 11.2. The maximum atomic E-state index is 11.0. The fraction of sp³-hybridized carbons (Fsp3) is 0.389. The van der Waals surface area contributed by atoms with Gasteiger partial charge in [0.25, 0.3) is 0 Å². The molecule has 0 spiro atoms. The minimum absolute atomic E-state index is 0.0585. The first-order valence-electron chi connectivity index (χ1n) is 8.46. The molecule has 3 N–H and O–H groups in total. The number of carbonyl (C=O) groups is 1. The molecule has 2 rings (SSSR count). The summed E-state index contributed by atoms with van der Waals surface area (Å²) in [6.07, 6.45) is 5.61. The largest absolute Gasteiger partial charge is 0.356 e. The van der Waals surface area contributed by atoms with Crippen LogP contribution in [0.15, 0.2) is 47.7 Å². The number of nitrogens with one attached hydrogen (secondary N) is 3. The van der Waals surface area contributed by atoms with Crippen LogP contribution in [0.1, 0.15) is 18.9 Å². The number of benzene rings is 1. The highest BCUT2D eigenvalue weighted by Crippen LogP contribution is 2.09. The lowest BCUT2D eigenvalue weighted by atomic mass is 10.1. The van der Waals surface area contributed by atoms with Gasteiger partial charge in [-0.25, -0.2) is 0 Å². The van der Waals surface area contributed by atoms with E-state index in [1.807, 2.05) is 41.2 Å². The SMILES string of the molecule is CN=C(NCCCn1cccn1)NCCc1ccc(NC(C)=O)cc1. The lowest BCUT2D eigenvalue weighted by Gasteiger charge is -2.12. The first kappa shape index (κ1) is 18.5. The molecule has 0 aliphatic heterocycles. The molecule has 1 amide bonds. The van der Waals surface area contributed by atoms with E-state index in [-0.39, 0.29) is 5.91 Å². The van der Waals surface area contributed by atoms with Crippen LogP contribution < -0.4 is 16.0 Å². The van der Waals surface area contributed by atoms with Crippen molar-refractivity contribution in [2.45, 2.75) is 26.3 Å². The molecule has 134 valence electrons. The second-order valence-electron chi connectivity index (χ2n) is 5.68. The van der Waals surface area contributed by atoms with Crippen molar-refractivity contribution >= 4 is 17.6 Å². The summed E-state index contributed by atoms with van der Waals surface area (Å²) in [5.41, 5.74) is 2.02. The predicted octanol–water partition coefficient (Wildman–Crippen LogP) is 1.64. The van der Waals surface area contributed by atoms with E-state index in [1.54, 1.807) is 13.2 Å². The van der Waals surface area contributed by atoms with E-state index < -0.39 is 0 Å². The molecular weight excluding hydrogens is 316 g/mol. The summed E-state index contributed by atoms with van der Waals surface area (Å²) in [4.78, 5) is 15.2. The number of nitrogens with zero attached hydrogens (tertiary/aromatic N) is 3. The maximum Gasteiger partial charge on any atom is 0.221 e. The maximum absolute atomic E-state index is 11.0. The number of guanidine groups is 1. The number of hydrogen-bond acceptors (Lipinski definition) is 3. The van der Waals surface area contributed by atoms with Crippen LogP contribution in [0.25, 0.3) is 0 Å². The third-order valence-electron chi connectivity index (χ3n) is 3.62. The highest BCUT2D eigenvalue weighted by Gasteiger charge is 2.00. The summed E-state index contributed by atoms with van der Waals surface area (Å²) < 4.78 is 1.92. The zero-order chi connectivity index (χ0) is 17.9. The van der Waals surface area contributed by atoms with E-state index in [2.05, 4.69) is 26.0 Å². The van der Waals surface area contributed by atoms with E-state index in [9.17, 15) is 4.79 Å². The smallest absolute Gasteiger partial charge is 0.221 e. The van der Waals surface area contributed by atoms with Gasteiger partial charge in [0.1, 0.15) is 0 Å². The zero-order valence-corrected chi connectivity index (χ0v) is 14.8. The lowest BCUT2D eigenvalue weighted by molar-refractivity contribution is -0.114. The van der Waals surface area contributed by atoms with Crippen molar-refractivity contribution in [2.75, 3.05) is 25.5 Å². The summed E-state index contributed by atoms with van der Waals surface area (Å²) in [5.74, 6) is 0.743. The molecule has 2 aromatic rings. The van der Waals surface area contributed by atoms with Crippen molar-refractivity contribution in [3.8, 4) is 0 Å². The number of rotatable bonds is 8. The Morgan fingerprint density at radius 2 is 1.96 bits per heavy atom. The number of carbonyl (C=O) groups excluding carboxylic acids is 1. The van der Waals surface area contributed by atoms with Crippen molar-refractivity contribution in [1.29, 1.82) is 0 Å². The van der Waals surface area contributed by atoms with Crippen molar-refractivity contribution in [2.24, 2.45) is 4.99 Å². The number of hydrogen-bond donors (Lipinski definition) is 3. The second-order valence-corrected chi connectivity index (χ2v) is 5.68. The van der Waals surface area contributed by atoms with Crippen LogP contribution >= 0.6 is 0 Å². The Morgan fingerprint density at radius 3 is 2.60 bits per heavy atom. The first-order chi connectivity index (χ1) is 12.2. The third-order valence-corrected chi connectivity index (χ3v) is 3.62. The molecule has 1 aromatic heterocycles. The average molecular weight is 342 g/mol. The monoisotopic (exact) mass is 342 g/mol. The van der Waals surface area contributed by atoms with Crippen molar-refractivity contribution in [3.05, 3.63) is 48.3 Å². The third kappa shape index (κ3) is 7.07. The molecule has 25 heavy (non-hydrogen) atoms. The van der Waals surface area contributed by atoms with Crippen LogP contribution in [0.2, 0.25) is 0 Å². The summed E-state index contributed by atoms with van der Waals surface area (Å²) in [6, 6.07) is 9.80. The first-order valence-corrected chi connectivity index (χ1v) is 8.46. The summed E-state index contributed by atoms with van der Waals surface area (Å²) in [7, 11) is 1.77. The summed E-state index contributed by atoms with van der Waals surface area (Å²) >= 11 is 0. The molecule has 0 bridgehead atoms. The van der Waals surface area contributed by atoms with Gasteiger partial charge in [-0.1, -0.05) is 12.1 Å². The van der Waals surface area contributed by atoms with Gasteiger partial charge in [0.2, 0.25) is 5.91 Å². The summed E-state index contributed by atoms with van der Waals surface area (Å²) in [5, 5.41) is 13.5. The van der Waals surface area contributed by atoms with E-state index in [0.29, 0.717) is 0 Å². The van der Waals surface area contributed by atoms with Gasteiger partial charge in [0, 0.05) is 51.7 Å². The fourth-order valence-electron chi connectivity index (χ4n) is 2.38. The number of aryl methyl sites for hydroxylation is 1. The van der Waals surface area contributed by atoms with E-state index in [4.69, 9.17) is 0 Å². The van der Waals surface area contributed by atoms with E-state index in [1.165, 1.54) is 12.5 Å². The Balaban J connectivity index is 1.64. The molecule has 0 fully saturated rings. The van der Waals surface area contributed by atoms with Crippen molar-refractivity contribution < 1.29 is 4.79 Å². The highest BCUT2D eigenvalue weighted by molar-refractivity contribution is 5.88. The Morgan fingerprint density at radius 1 is 1.20 bits per heavy atom. The summed E-state index contributed by atoms with van der Waals surface area (Å²) in [6.45, 7) is 4.02. The van der Waals surface area contributed by atoms with E-state index in [0.717, 1.165) is 44.1 Å². The zero-order valence-electron chi connectivity index (χ0n) is 14.8. The number of aliphatic imine (C=N–C) groups is 1. The second kappa shape index (κ2) is 10.1. The molecule has 0 saturated heterocycles. The van der Waals surface area contributed by atoms with Gasteiger partial charge in [-0.05, 0) is 36.6 Å². The van der Waals surface area contributed by atoms with Crippen LogP contribution in [0.5, 0.6) is 0 Å². The van der Waals surface area contributed by atoms with Crippen molar-refractivity contribution in [3.63, 3.8) is 0 Å². The van der Waals surface area contributed by atoms with Crippen LogP contribution in [0.3, 0.4) is 0 Å². The van der Waals surface area contributed by atoms with Gasteiger partial charge < -0.3 is 16.0 Å². The molecule has 0 radical (unpaired) electrons. The molecule has 0 unspecified atom stereocenters. The molecule has 7 nitrogen and oxygen atoms in total. The molecule has 0 atom stereocenters. The van der Waals surface area contributed by atoms with Crippen LogP contribution in [0.4, 0.5) is 5.69 Å². The van der Waals surface area contributed by atoms with Gasteiger partial charge in [-0.2, -0.15) is 5.10 Å². The van der Waals surface area contributed by atoms with Gasteiger partial charge in [-0.15, -0.1) is 0 Å². The number of anilines is 1. The molecule has 1 aromatic carbocycles. The topological polar surface area (TPSA) is 83.3 Å². The Kier molecular flexibility index (Phi) is 7.49. The standard InChI is InChI=1S/C18H26N6O/c1-15(25)23-17-7-5-16(6-8-17)9-12-21-18(19-2)20-10-3-13-24-14-4-11-22-24/h4-8,11,14H,3,9-10,12-13H2,1-2H3,(H,23,25)(H2,19,20,21). The predicted molar refractivity (Wildman–Crippen MR) is 101 cm³/mol. The molecule has 0 aliphatic rings. The Hall–Kier alpha value is -2.83. The van der Waals surface area contributed by atoms with Crippen molar-refractivity contribution in [1.82, 2.24) is 20.4 Å². The number of amides is 1.